The second-order valence-electron chi connectivity index (χ2n) is 4.59. The molecule has 1 saturated heterocycles. The number of likely N-dealkylation sites (tertiary alicyclic amines) is 1. The van der Waals surface area contributed by atoms with Gasteiger partial charge in [0.25, 0.3) is 0 Å². The maximum Gasteiger partial charge on any atom is 0.0445 e. The number of nitrogens with one attached hydrogen (secondary N) is 1. The van der Waals surface area contributed by atoms with E-state index in [2.05, 4.69) is 24.2 Å². The van der Waals surface area contributed by atoms with Gasteiger partial charge in [0.1, 0.15) is 0 Å². The SMILES string of the molecule is CC(CCO)NCC1CCCN(C)C1. The molecule has 84 valence electrons. The minimum Gasteiger partial charge on any atom is -0.396 e. The highest BCUT2D eigenvalue weighted by Gasteiger charge is 2.17. The first-order valence-corrected chi connectivity index (χ1v) is 5.75. The lowest BCUT2D eigenvalue weighted by Crippen LogP contribution is -2.39. The second kappa shape index (κ2) is 6.38. The zero-order valence-electron chi connectivity index (χ0n) is 9.50. The van der Waals surface area contributed by atoms with E-state index >= 15 is 0 Å². The van der Waals surface area contributed by atoms with Crippen LogP contribution in [0.25, 0.3) is 0 Å². The monoisotopic (exact) mass is 200 g/mol. The average molecular weight is 200 g/mol. The van der Waals surface area contributed by atoms with E-state index in [1.807, 2.05) is 0 Å². The average Bonchev–Trinajstić information content (AvgIpc) is 2.15. The number of aliphatic hydroxyl groups excluding tert-OH is 1. The van der Waals surface area contributed by atoms with Crippen molar-refractivity contribution in [3.05, 3.63) is 0 Å². The molecule has 2 unspecified atom stereocenters. The molecule has 1 aliphatic heterocycles. The summed E-state index contributed by atoms with van der Waals surface area (Å²) in [7, 11) is 2.20. The Balaban J connectivity index is 2.10. The third kappa shape index (κ3) is 4.40. The molecule has 1 aliphatic rings. The summed E-state index contributed by atoms with van der Waals surface area (Å²) in [6, 6.07) is 0.451. The van der Waals surface area contributed by atoms with Crippen molar-refractivity contribution >= 4 is 0 Å². The summed E-state index contributed by atoms with van der Waals surface area (Å²) < 4.78 is 0. The van der Waals surface area contributed by atoms with Crippen LogP contribution >= 0.6 is 0 Å². The van der Waals surface area contributed by atoms with Gasteiger partial charge in [-0.25, -0.2) is 0 Å². The van der Waals surface area contributed by atoms with Crippen LogP contribution in [-0.2, 0) is 0 Å². The van der Waals surface area contributed by atoms with Crippen molar-refractivity contribution in [1.29, 1.82) is 0 Å². The van der Waals surface area contributed by atoms with Crippen LogP contribution in [0.1, 0.15) is 26.2 Å². The van der Waals surface area contributed by atoms with Crippen molar-refractivity contribution in [1.82, 2.24) is 10.2 Å². The molecule has 14 heavy (non-hydrogen) atoms. The molecule has 1 rings (SSSR count). The van der Waals surface area contributed by atoms with Gasteiger partial charge in [-0.15, -0.1) is 0 Å². The van der Waals surface area contributed by atoms with Gasteiger partial charge in [-0.3, -0.25) is 0 Å². The molecule has 0 saturated carbocycles. The Kier molecular flexibility index (Phi) is 5.45. The fourth-order valence-electron chi connectivity index (χ4n) is 2.10. The largest absolute Gasteiger partial charge is 0.396 e. The first-order chi connectivity index (χ1) is 6.72. The van der Waals surface area contributed by atoms with Gasteiger partial charge in [0.05, 0.1) is 0 Å². The van der Waals surface area contributed by atoms with Gasteiger partial charge in [-0.1, -0.05) is 0 Å². The Labute approximate surface area is 87.5 Å². The van der Waals surface area contributed by atoms with Gasteiger partial charge in [-0.2, -0.15) is 0 Å². The van der Waals surface area contributed by atoms with E-state index in [-0.39, 0.29) is 0 Å². The van der Waals surface area contributed by atoms with E-state index in [0.717, 1.165) is 18.9 Å². The summed E-state index contributed by atoms with van der Waals surface area (Å²) in [6.45, 7) is 6.01. The van der Waals surface area contributed by atoms with Crippen molar-refractivity contribution < 1.29 is 5.11 Å². The Morgan fingerprint density at radius 2 is 2.36 bits per heavy atom. The number of nitrogens with zero attached hydrogens (tertiary/aromatic N) is 1. The standard InChI is InChI=1S/C11H24N2O/c1-10(5-7-14)12-8-11-4-3-6-13(2)9-11/h10-12,14H,3-9H2,1-2H3. The van der Waals surface area contributed by atoms with E-state index in [1.165, 1.54) is 25.9 Å². The molecular weight excluding hydrogens is 176 g/mol. The van der Waals surface area contributed by atoms with Crippen LogP contribution in [0.4, 0.5) is 0 Å². The van der Waals surface area contributed by atoms with Crippen LogP contribution in [0.3, 0.4) is 0 Å². The van der Waals surface area contributed by atoms with Gasteiger partial charge >= 0.3 is 0 Å². The summed E-state index contributed by atoms with van der Waals surface area (Å²) in [5.41, 5.74) is 0. The minimum atomic E-state index is 0.290. The Hall–Kier alpha value is -0.120. The molecule has 0 bridgehead atoms. The fraction of sp³-hybridized carbons (Fsp3) is 1.00. The van der Waals surface area contributed by atoms with Gasteiger partial charge in [-0.05, 0) is 52.2 Å². The molecule has 1 heterocycles. The normalized spacial score (nSPS) is 26.4. The summed E-state index contributed by atoms with van der Waals surface area (Å²) in [5.74, 6) is 0.801. The zero-order chi connectivity index (χ0) is 10.4. The summed E-state index contributed by atoms with van der Waals surface area (Å²) in [5, 5.41) is 12.3. The molecule has 0 radical (unpaired) electrons. The van der Waals surface area contributed by atoms with Crippen molar-refractivity contribution in [2.45, 2.75) is 32.2 Å². The third-order valence-corrected chi connectivity index (χ3v) is 3.04. The van der Waals surface area contributed by atoms with E-state index < -0.39 is 0 Å². The smallest absolute Gasteiger partial charge is 0.0445 e. The topological polar surface area (TPSA) is 35.5 Å². The van der Waals surface area contributed by atoms with Crippen LogP contribution < -0.4 is 5.32 Å². The van der Waals surface area contributed by atoms with Crippen LogP contribution in [0.2, 0.25) is 0 Å². The van der Waals surface area contributed by atoms with Crippen molar-refractivity contribution in [2.75, 3.05) is 33.3 Å². The third-order valence-electron chi connectivity index (χ3n) is 3.04. The van der Waals surface area contributed by atoms with Gasteiger partial charge < -0.3 is 15.3 Å². The molecule has 2 atom stereocenters. The Morgan fingerprint density at radius 1 is 1.57 bits per heavy atom. The van der Waals surface area contributed by atoms with Crippen molar-refractivity contribution in [3.63, 3.8) is 0 Å². The lowest BCUT2D eigenvalue weighted by atomic mass is 9.98. The van der Waals surface area contributed by atoms with E-state index in [0.29, 0.717) is 12.6 Å². The molecule has 0 aromatic heterocycles. The van der Waals surface area contributed by atoms with Crippen LogP contribution in [-0.4, -0.2) is 49.3 Å². The summed E-state index contributed by atoms with van der Waals surface area (Å²) in [4.78, 5) is 2.41. The predicted molar refractivity (Wildman–Crippen MR) is 59.4 cm³/mol. The maximum absolute atomic E-state index is 8.77. The lowest BCUT2D eigenvalue weighted by molar-refractivity contribution is 0.199. The van der Waals surface area contributed by atoms with E-state index in [4.69, 9.17) is 5.11 Å². The molecule has 0 spiro atoms. The molecule has 2 N–H and O–H groups in total. The predicted octanol–water partition coefficient (Wildman–Crippen LogP) is 0.689. The van der Waals surface area contributed by atoms with Gasteiger partial charge in [0.15, 0.2) is 0 Å². The zero-order valence-corrected chi connectivity index (χ0v) is 9.50. The number of hydrogen-bond donors (Lipinski definition) is 2. The number of rotatable bonds is 5. The maximum atomic E-state index is 8.77. The first-order valence-electron chi connectivity index (χ1n) is 5.75. The molecule has 3 nitrogen and oxygen atoms in total. The molecular formula is C11H24N2O. The highest BCUT2D eigenvalue weighted by molar-refractivity contribution is 4.73. The molecule has 3 heteroatoms. The Morgan fingerprint density at radius 3 is 3.00 bits per heavy atom. The lowest BCUT2D eigenvalue weighted by Gasteiger charge is -2.30. The quantitative estimate of drug-likeness (QED) is 0.685. The fourth-order valence-corrected chi connectivity index (χ4v) is 2.10. The van der Waals surface area contributed by atoms with E-state index in [1.54, 1.807) is 0 Å². The van der Waals surface area contributed by atoms with E-state index in [9.17, 15) is 0 Å². The van der Waals surface area contributed by atoms with Crippen molar-refractivity contribution in [3.8, 4) is 0 Å². The molecule has 1 fully saturated rings. The van der Waals surface area contributed by atoms with Crippen LogP contribution in [0.5, 0.6) is 0 Å². The van der Waals surface area contributed by atoms with Crippen LogP contribution in [0, 0.1) is 5.92 Å². The Bertz CT molecular complexity index is 152. The number of aliphatic hydroxyl groups is 1. The second-order valence-corrected chi connectivity index (χ2v) is 4.59. The molecule has 0 aliphatic carbocycles. The highest BCUT2D eigenvalue weighted by Crippen LogP contribution is 2.14. The molecule has 0 amide bonds. The number of hydrogen-bond acceptors (Lipinski definition) is 3. The van der Waals surface area contributed by atoms with Gasteiger partial charge in [0.2, 0.25) is 0 Å². The molecule has 0 aromatic rings. The molecule has 0 aromatic carbocycles. The summed E-state index contributed by atoms with van der Waals surface area (Å²) in [6.07, 6.45) is 3.54. The summed E-state index contributed by atoms with van der Waals surface area (Å²) >= 11 is 0. The first kappa shape index (κ1) is 12.0. The highest BCUT2D eigenvalue weighted by atomic mass is 16.3. The van der Waals surface area contributed by atoms with Crippen molar-refractivity contribution in [2.24, 2.45) is 5.92 Å². The minimum absolute atomic E-state index is 0.290. The van der Waals surface area contributed by atoms with Gasteiger partial charge in [0, 0.05) is 19.2 Å². The van der Waals surface area contributed by atoms with Crippen LogP contribution in [0.15, 0.2) is 0 Å². The number of piperidine rings is 1.